The van der Waals surface area contributed by atoms with E-state index in [1.165, 1.54) is 43.9 Å². The van der Waals surface area contributed by atoms with Crippen LogP contribution in [0, 0.1) is 6.92 Å². The lowest BCUT2D eigenvalue weighted by molar-refractivity contribution is 0.172. The molecule has 2 aromatic carbocycles. The molecule has 0 aliphatic heterocycles. The van der Waals surface area contributed by atoms with E-state index in [1.807, 2.05) is 0 Å². The topological polar surface area (TPSA) is 154 Å². The van der Waals surface area contributed by atoms with Crippen molar-refractivity contribution in [1.82, 2.24) is 14.8 Å². The Morgan fingerprint density at radius 1 is 1.02 bits per heavy atom. The van der Waals surface area contributed by atoms with Crippen molar-refractivity contribution in [2.24, 2.45) is 0 Å². The Bertz CT molecular complexity index is 1920. The smallest absolute Gasteiger partial charge is 0.246 e. The molecule has 0 aliphatic carbocycles. The molecule has 46 heavy (non-hydrogen) atoms. The molecular formula is C30H39ClN4O8S2Si. The number of rotatable bonds is 13. The van der Waals surface area contributed by atoms with Gasteiger partial charge in [-0.1, -0.05) is 43.4 Å². The second-order valence-corrected chi connectivity index (χ2v) is 22.4. The summed E-state index contributed by atoms with van der Waals surface area (Å²) in [5.74, 6) is 1.70. The molecule has 0 unspecified atom stereocenters. The molecule has 0 spiro atoms. The Hall–Kier alpha value is -3.37. The number of furan rings is 1. The molecule has 0 fully saturated rings. The highest BCUT2D eigenvalue weighted by Gasteiger charge is 2.40. The van der Waals surface area contributed by atoms with Crippen molar-refractivity contribution >= 4 is 45.5 Å². The summed E-state index contributed by atoms with van der Waals surface area (Å²) in [6, 6.07) is 13.0. The second kappa shape index (κ2) is 13.4. The van der Waals surface area contributed by atoms with Crippen LogP contribution < -0.4 is 13.8 Å². The van der Waals surface area contributed by atoms with Crippen LogP contribution in [0.4, 0.5) is 5.95 Å². The van der Waals surface area contributed by atoms with Crippen LogP contribution >= 0.6 is 11.6 Å². The third-order valence-corrected chi connectivity index (χ3v) is 12.7. The third kappa shape index (κ3) is 7.28. The molecule has 16 heteroatoms. The molecule has 250 valence electrons. The molecule has 2 heterocycles. The van der Waals surface area contributed by atoms with Crippen LogP contribution in [0.3, 0.4) is 0 Å². The molecule has 0 aliphatic rings. The molecule has 0 bridgehead atoms. The van der Waals surface area contributed by atoms with E-state index in [9.17, 15) is 21.9 Å². The van der Waals surface area contributed by atoms with E-state index in [4.69, 9.17) is 25.5 Å². The molecule has 1 N–H and O–H groups in total. The number of aliphatic hydroxyl groups excluding tert-OH is 1. The lowest BCUT2D eigenvalue weighted by Crippen LogP contribution is -2.44. The maximum Gasteiger partial charge on any atom is 0.246 e. The molecule has 2 atom stereocenters. The van der Waals surface area contributed by atoms with Crippen LogP contribution in [-0.2, 0) is 19.9 Å². The van der Waals surface area contributed by atoms with Gasteiger partial charge in [0.05, 0.1) is 25.2 Å². The maximum absolute atomic E-state index is 14.7. The van der Waals surface area contributed by atoms with E-state index in [1.54, 1.807) is 37.3 Å². The number of hydrogen-bond acceptors (Lipinski definition) is 10. The van der Waals surface area contributed by atoms with Crippen LogP contribution in [0.15, 0.2) is 57.8 Å². The molecule has 0 radical (unpaired) electrons. The van der Waals surface area contributed by atoms with E-state index in [-0.39, 0.29) is 33.8 Å². The Morgan fingerprint density at radius 2 is 1.65 bits per heavy atom. The summed E-state index contributed by atoms with van der Waals surface area (Å²) in [6.45, 7) is 9.41. The van der Waals surface area contributed by atoms with Gasteiger partial charge in [-0.15, -0.1) is 10.2 Å². The van der Waals surface area contributed by atoms with Gasteiger partial charge in [-0.3, -0.25) is 4.57 Å². The zero-order chi connectivity index (χ0) is 34.2. The first-order chi connectivity index (χ1) is 21.4. The Labute approximate surface area is 275 Å². The summed E-state index contributed by atoms with van der Waals surface area (Å²) in [5.41, 5.74) is 0.239. The van der Waals surface area contributed by atoms with E-state index in [0.717, 1.165) is 10.6 Å². The Morgan fingerprint density at radius 3 is 2.17 bits per heavy atom. The number of anilines is 1. The monoisotopic (exact) mass is 710 g/mol. The van der Waals surface area contributed by atoms with Gasteiger partial charge in [-0.2, -0.15) is 0 Å². The third-order valence-electron chi connectivity index (χ3n) is 7.44. The van der Waals surface area contributed by atoms with E-state index >= 15 is 0 Å². The van der Waals surface area contributed by atoms with Crippen LogP contribution in [0.25, 0.3) is 17.3 Å². The van der Waals surface area contributed by atoms with Crippen LogP contribution in [0.5, 0.6) is 11.5 Å². The molecule has 12 nitrogen and oxygen atoms in total. The highest BCUT2D eigenvalue weighted by molar-refractivity contribution is 7.93. The number of para-hydroxylation sites is 1. The molecular weight excluding hydrogens is 672 g/mol. The highest BCUT2D eigenvalue weighted by Crippen LogP contribution is 2.40. The molecule has 2 aromatic heterocycles. The first-order valence-electron chi connectivity index (χ1n) is 14.3. The van der Waals surface area contributed by atoms with Crippen LogP contribution in [-0.4, -0.2) is 77.1 Å². The molecule has 4 rings (SSSR count). The van der Waals surface area contributed by atoms with Gasteiger partial charge in [-0.05, 0) is 56.3 Å². The first-order valence-corrected chi connectivity index (χ1v) is 21.8. The summed E-state index contributed by atoms with van der Waals surface area (Å²) in [4.78, 5) is -0.263. The fraction of sp³-hybridized carbons (Fsp3) is 0.400. The van der Waals surface area contributed by atoms with Crippen molar-refractivity contribution in [2.45, 2.75) is 55.8 Å². The van der Waals surface area contributed by atoms with Crippen molar-refractivity contribution in [3.05, 3.63) is 64.9 Å². The fourth-order valence-electron chi connectivity index (χ4n) is 4.88. The molecule has 0 saturated heterocycles. The highest BCUT2D eigenvalue weighted by atomic mass is 35.5. The van der Waals surface area contributed by atoms with Gasteiger partial charge in [0, 0.05) is 31.5 Å². The van der Waals surface area contributed by atoms with Gasteiger partial charge >= 0.3 is 0 Å². The summed E-state index contributed by atoms with van der Waals surface area (Å²) in [7, 11) is -7.29. The lowest BCUT2D eigenvalue weighted by atomic mass is 10.1. The van der Waals surface area contributed by atoms with Crippen molar-refractivity contribution in [1.29, 1.82) is 0 Å². The predicted molar refractivity (Wildman–Crippen MR) is 180 cm³/mol. The number of halogens is 1. The number of benzene rings is 2. The Kier molecular flexibility index (Phi) is 10.3. The summed E-state index contributed by atoms with van der Waals surface area (Å²) >= 11 is 6.08. The molecule has 0 amide bonds. The Balaban J connectivity index is 1.99. The SMILES string of the molecule is COc1cccc(OC)c1-n1c(-c2ccc(C)o2)nnc1N(CC[Si](C)(C)C)S(=O)(=O)[C@@H](C)[C@@H](O)c1ccc(Cl)cc1S(C)(=O)=O. The molecule has 4 aromatic rings. The minimum absolute atomic E-state index is 0.00144. The van der Waals surface area contributed by atoms with Gasteiger partial charge in [0.25, 0.3) is 0 Å². The number of hydrogen-bond donors (Lipinski definition) is 1. The fourth-order valence-corrected chi connectivity index (χ4v) is 8.69. The minimum Gasteiger partial charge on any atom is -0.494 e. The van der Waals surface area contributed by atoms with Gasteiger partial charge in [0.15, 0.2) is 15.6 Å². The normalized spacial score (nSPS) is 13.8. The van der Waals surface area contributed by atoms with Gasteiger partial charge < -0.3 is 19.0 Å². The zero-order valence-electron chi connectivity index (χ0n) is 27.0. The maximum atomic E-state index is 14.7. The van der Waals surface area contributed by atoms with E-state index < -0.39 is 39.3 Å². The number of aromatic nitrogens is 3. The summed E-state index contributed by atoms with van der Waals surface area (Å²) in [5, 5.41) is 18.9. The number of sulfonamides is 1. The van der Waals surface area contributed by atoms with E-state index in [0.29, 0.717) is 34.8 Å². The first kappa shape index (κ1) is 35.5. The van der Waals surface area contributed by atoms with Crippen LogP contribution in [0.1, 0.15) is 24.4 Å². The number of aryl methyl sites for hydroxylation is 1. The largest absolute Gasteiger partial charge is 0.494 e. The lowest BCUT2D eigenvalue weighted by Gasteiger charge is -2.31. The average molecular weight is 711 g/mol. The van der Waals surface area contributed by atoms with Gasteiger partial charge in [0.1, 0.15) is 28.2 Å². The van der Waals surface area contributed by atoms with E-state index in [2.05, 4.69) is 29.8 Å². The second-order valence-electron chi connectivity index (χ2n) is 12.1. The zero-order valence-corrected chi connectivity index (χ0v) is 30.4. The number of nitrogens with zero attached hydrogens (tertiary/aromatic N) is 4. The number of methoxy groups -OCH3 is 2. The van der Waals surface area contributed by atoms with Crippen molar-refractivity contribution in [3.8, 4) is 28.8 Å². The molecule has 0 saturated carbocycles. The number of sulfone groups is 1. The van der Waals surface area contributed by atoms with Crippen molar-refractivity contribution in [3.63, 3.8) is 0 Å². The van der Waals surface area contributed by atoms with Gasteiger partial charge in [-0.25, -0.2) is 21.1 Å². The number of ether oxygens (including phenoxy) is 2. The van der Waals surface area contributed by atoms with Crippen molar-refractivity contribution < 1.29 is 35.8 Å². The summed E-state index contributed by atoms with van der Waals surface area (Å²) < 4.78 is 74.5. The summed E-state index contributed by atoms with van der Waals surface area (Å²) in [6.07, 6.45) is -0.777. The standard InChI is InChI=1S/C30H39ClN4O8S2Si/c1-19-12-15-25(43-19)29-32-33-30(35(29)27-23(41-3)10-9-11-24(27)42-4)34(16-17-46(6,7)8)45(39,40)20(2)28(36)22-14-13-21(31)18-26(22)44(5,37)38/h9-15,18,20,28,36H,16-17H2,1-8H3/t20-,28+/m0/s1. The predicted octanol–water partition coefficient (Wildman–Crippen LogP) is 5.51. The van der Waals surface area contributed by atoms with Crippen molar-refractivity contribution in [2.75, 3.05) is 31.3 Å². The quantitative estimate of drug-likeness (QED) is 0.176. The number of aliphatic hydroxyl groups is 1. The average Bonchev–Trinajstić information content (AvgIpc) is 3.60. The van der Waals surface area contributed by atoms with Gasteiger partial charge in [0.2, 0.25) is 21.8 Å². The minimum atomic E-state index is -4.49. The van der Waals surface area contributed by atoms with Crippen LogP contribution in [0.2, 0.25) is 30.7 Å².